The molecule has 154 valence electrons. The Morgan fingerprint density at radius 1 is 0.808 bits per heavy atom. The first-order chi connectivity index (χ1) is 10.7. The number of likely N-dealkylation sites (N-methyl/N-ethyl adjacent to an activating group) is 2. The molecule has 0 amide bonds. The third-order valence-corrected chi connectivity index (χ3v) is 5.83. The first-order valence-corrected chi connectivity index (χ1v) is 8.77. The number of nitrogens with zero attached hydrogens (tertiary/aromatic N) is 2. The molecule has 0 aromatic carbocycles. The Kier molecular flexibility index (Phi) is 11.5. The van der Waals surface area contributed by atoms with E-state index in [0.29, 0.717) is 5.78 Å². The third kappa shape index (κ3) is 6.62. The molecule has 1 saturated carbocycles. The lowest BCUT2D eigenvalue weighted by atomic mass is 9.94. The fourth-order valence-electron chi connectivity index (χ4n) is 3.96. The van der Waals surface area contributed by atoms with Gasteiger partial charge in [0, 0.05) is 13.1 Å². The maximum atomic E-state index is 11.2. The fourth-order valence-corrected chi connectivity index (χ4v) is 3.96. The van der Waals surface area contributed by atoms with Crippen LogP contribution in [0, 0.1) is 11.8 Å². The van der Waals surface area contributed by atoms with Crippen LogP contribution in [-0.2, 0) is 9.59 Å². The zero-order valence-corrected chi connectivity index (χ0v) is 15.6. The van der Waals surface area contributed by atoms with Gasteiger partial charge in [-0.1, -0.05) is 33.4 Å². The predicted octanol–water partition coefficient (Wildman–Crippen LogP) is 4.44. The van der Waals surface area contributed by atoms with E-state index in [4.69, 9.17) is 0 Å². The number of hydrogen-bond donors (Lipinski definition) is 0. The number of fused-ring (bicyclic) bond motifs is 1. The molecule has 0 N–H and O–H groups in total. The van der Waals surface area contributed by atoms with Crippen LogP contribution < -0.4 is 0 Å². The van der Waals surface area contributed by atoms with Crippen molar-refractivity contribution in [3.63, 3.8) is 0 Å². The maximum absolute atomic E-state index is 11.2. The molecule has 0 aromatic rings. The summed E-state index contributed by atoms with van der Waals surface area (Å²) < 4.78 is 0. The van der Waals surface area contributed by atoms with Gasteiger partial charge in [0.1, 0.15) is 11.6 Å². The molecule has 1 aliphatic carbocycles. The Labute approximate surface area is 163 Å². The lowest BCUT2D eigenvalue weighted by molar-refractivity contribution is -0.123. The van der Waals surface area contributed by atoms with Crippen LogP contribution in [0.2, 0.25) is 0 Å². The van der Waals surface area contributed by atoms with Crippen molar-refractivity contribution in [3.8, 4) is 0 Å². The van der Waals surface area contributed by atoms with E-state index in [0.717, 1.165) is 37.8 Å². The lowest BCUT2D eigenvalue weighted by Crippen LogP contribution is -2.41. The van der Waals surface area contributed by atoms with Crippen molar-refractivity contribution in [2.75, 3.05) is 27.2 Å². The molecule has 4 nitrogen and oxygen atoms in total. The number of carbonyl (C=O) groups excluding carboxylic acids is 2. The second kappa shape index (κ2) is 11.0. The minimum atomic E-state index is 0. The van der Waals surface area contributed by atoms with Crippen LogP contribution in [0.25, 0.3) is 0 Å². The monoisotopic (exact) mass is 368 g/mol. The van der Waals surface area contributed by atoms with Crippen molar-refractivity contribution in [2.45, 2.75) is 81.3 Å². The van der Waals surface area contributed by atoms with E-state index in [2.05, 4.69) is 30.7 Å². The molecule has 4 heteroatoms. The normalized spacial score (nSPS) is 30.4. The van der Waals surface area contributed by atoms with Gasteiger partial charge in [0.05, 0.1) is 12.1 Å². The third-order valence-electron chi connectivity index (χ3n) is 5.83. The van der Waals surface area contributed by atoms with Crippen LogP contribution in [0.3, 0.4) is 0 Å². The summed E-state index contributed by atoms with van der Waals surface area (Å²) in [6.07, 6.45) is 3.41. The Bertz CT molecular complexity index is 512. The quantitative estimate of drug-likeness (QED) is 0.676. The fraction of sp³-hybridized carbons (Fsp3) is 0.818. The lowest BCUT2D eigenvalue weighted by Gasteiger charge is -2.32. The highest BCUT2D eigenvalue weighted by Crippen LogP contribution is 2.46. The van der Waals surface area contributed by atoms with Gasteiger partial charge >= 0.3 is 0 Å². The average Bonchev–Trinajstić information content (AvgIpc) is 3.20. The SMILES string of the molecule is C.C.C.CC(=O)C1CC(C)=C(C)CN1C.CC(=O)C1CC2CC2CN1C. The van der Waals surface area contributed by atoms with Crippen LogP contribution in [-0.4, -0.2) is 60.6 Å². The molecule has 2 heterocycles. The van der Waals surface area contributed by atoms with E-state index in [9.17, 15) is 9.59 Å². The summed E-state index contributed by atoms with van der Waals surface area (Å²) in [7, 11) is 4.09. The smallest absolute Gasteiger partial charge is 0.147 e. The highest BCUT2D eigenvalue weighted by molar-refractivity contribution is 5.82. The van der Waals surface area contributed by atoms with E-state index in [1.807, 2.05) is 7.05 Å². The molecule has 1 saturated heterocycles. The Morgan fingerprint density at radius 3 is 1.85 bits per heavy atom. The summed E-state index contributed by atoms with van der Waals surface area (Å²) >= 11 is 0. The van der Waals surface area contributed by atoms with Crippen LogP contribution in [0.1, 0.15) is 69.2 Å². The number of likely N-dealkylation sites (tertiary alicyclic amines) is 1. The van der Waals surface area contributed by atoms with Gasteiger partial charge in [-0.2, -0.15) is 0 Å². The Balaban J connectivity index is 0. The van der Waals surface area contributed by atoms with E-state index < -0.39 is 0 Å². The first-order valence-electron chi connectivity index (χ1n) is 8.77. The maximum Gasteiger partial charge on any atom is 0.147 e. The number of rotatable bonds is 2. The highest BCUT2D eigenvalue weighted by atomic mass is 16.1. The second-order valence-electron chi connectivity index (χ2n) is 7.86. The van der Waals surface area contributed by atoms with Crippen LogP contribution >= 0.6 is 0 Å². The molecule has 0 spiro atoms. The number of piperidine rings is 1. The van der Waals surface area contributed by atoms with Gasteiger partial charge in [-0.25, -0.2) is 0 Å². The van der Waals surface area contributed by atoms with Gasteiger partial charge in [0.25, 0.3) is 0 Å². The summed E-state index contributed by atoms with van der Waals surface area (Å²) in [5.74, 6) is 2.44. The van der Waals surface area contributed by atoms with Crippen molar-refractivity contribution >= 4 is 11.6 Å². The summed E-state index contributed by atoms with van der Waals surface area (Å²) in [5, 5.41) is 0. The second-order valence-corrected chi connectivity index (χ2v) is 7.86. The van der Waals surface area contributed by atoms with Gasteiger partial charge in [-0.05, 0) is 72.9 Å². The van der Waals surface area contributed by atoms with Crippen molar-refractivity contribution in [1.82, 2.24) is 9.80 Å². The minimum Gasteiger partial charge on any atom is -0.298 e. The van der Waals surface area contributed by atoms with Crippen LogP contribution in [0.4, 0.5) is 0 Å². The molecule has 26 heavy (non-hydrogen) atoms. The summed E-state index contributed by atoms with van der Waals surface area (Å²) in [5.41, 5.74) is 2.79. The molecule has 0 bridgehead atoms. The van der Waals surface area contributed by atoms with Gasteiger partial charge in [-0.15, -0.1) is 0 Å². The molecule has 3 aliphatic rings. The molecular formula is C22H44N2O2. The summed E-state index contributed by atoms with van der Waals surface area (Å²) in [4.78, 5) is 26.7. The molecular weight excluding hydrogens is 324 g/mol. The number of ketones is 2. The molecule has 0 radical (unpaired) electrons. The van der Waals surface area contributed by atoms with Crippen molar-refractivity contribution in [2.24, 2.45) is 11.8 Å². The summed E-state index contributed by atoms with van der Waals surface area (Å²) in [6, 6.07) is 0.354. The molecule has 0 aromatic heterocycles. The van der Waals surface area contributed by atoms with Gasteiger partial charge in [-0.3, -0.25) is 19.4 Å². The van der Waals surface area contributed by atoms with Crippen LogP contribution in [0.5, 0.6) is 0 Å². The predicted molar refractivity (Wildman–Crippen MR) is 114 cm³/mol. The number of Topliss-reactive ketones (excluding diaryl/α,β-unsaturated/α-hetero) is 2. The van der Waals surface area contributed by atoms with Crippen molar-refractivity contribution in [3.05, 3.63) is 11.1 Å². The largest absolute Gasteiger partial charge is 0.298 e. The van der Waals surface area contributed by atoms with E-state index >= 15 is 0 Å². The van der Waals surface area contributed by atoms with Crippen LogP contribution in [0.15, 0.2) is 11.1 Å². The Morgan fingerprint density at radius 2 is 1.35 bits per heavy atom. The standard InChI is InChI=1S/C10H17NO.C9H15NO.3CH4/c1-7-5-10(9(3)12)11(4)6-8(7)2;1-6(11)9-4-7-3-8(7)5-10(9)2;;;/h10H,5-6H2,1-4H3;7-9H,3-5H2,1-2H3;3*1H4. The zero-order valence-electron chi connectivity index (χ0n) is 15.6. The molecule has 2 aliphatic heterocycles. The first kappa shape index (κ1) is 27.2. The van der Waals surface area contributed by atoms with Gasteiger partial charge < -0.3 is 0 Å². The van der Waals surface area contributed by atoms with E-state index in [-0.39, 0.29) is 40.1 Å². The average molecular weight is 369 g/mol. The van der Waals surface area contributed by atoms with Crippen molar-refractivity contribution in [1.29, 1.82) is 0 Å². The topological polar surface area (TPSA) is 40.6 Å². The van der Waals surface area contributed by atoms with Gasteiger partial charge in [0.2, 0.25) is 0 Å². The highest BCUT2D eigenvalue weighted by Gasteiger charge is 2.45. The molecule has 3 rings (SSSR count). The molecule has 4 atom stereocenters. The number of hydrogen-bond acceptors (Lipinski definition) is 4. The minimum absolute atomic E-state index is 0. The van der Waals surface area contributed by atoms with E-state index in [1.165, 1.54) is 17.6 Å². The molecule has 4 unspecified atom stereocenters. The summed E-state index contributed by atoms with van der Waals surface area (Å²) in [6.45, 7) is 9.74. The van der Waals surface area contributed by atoms with Crippen molar-refractivity contribution < 1.29 is 9.59 Å². The molecule has 2 fully saturated rings. The van der Waals surface area contributed by atoms with Gasteiger partial charge in [0.15, 0.2) is 0 Å². The Hall–Kier alpha value is -1.00. The number of carbonyl (C=O) groups is 2. The van der Waals surface area contributed by atoms with E-state index in [1.54, 1.807) is 13.8 Å². The zero-order chi connectivity index (χ0) is 17.3.